The van der Waals surface area contributed by atoms with E-state index < -0.39 is 35.7 Å². The van der Waals surface area contributed by atoms with E-state index in [1.807, 2.05) is 0 Å². The van der Waals surface area contributed by atoms with Gasteiger partial charge in [0.1, 0.15) is 5.69 Å². The zero-order valence-electron chi connectivity index (χ0n) is 11.4. The molecule has 0 saturated heterocycles. The summed E-state index contributed by atoms with van der Waals surface area (Å²) >= 11 is 0. The van der Waals surface area contributed by atoms with Crippen LogP contribution in [0.25, 0.3) is 0 Å². The molecule has 0 aromatic heterocycles. The molecular formula is C12H14F3N3O3. The average Bonchev–Trinajstić information content (AvgIpc) is 2.36. The molecule has 1 amide bonds. The van der Waals surface area contributed by atoms with E-state index in [0.29, 0.717) is 0 Å². The Hall–Kier alpha value is -2.32. The first-order valence-electron chi connectivity index (χ1n) is 5.92. The van der Waals surface area contributed by atoms with Gasteiger partial charge in [-0.25, -0.2) is 0 Å². The van der Waals surface area contributed by atoms with E-state index in [9.17, 15) is 28.1 Å². The Balaban J connectivity index is 2.95. The van der Waals surface area contributed by atoms with Crippen molar-refractivity contribution in [2.45, 2.75) is 12.6 Å². The van der Waals surface area contributed by atoms with E-state index in [1.54, 1.807) is 0 Å². The summed E-state index contributed by atoms with van der Waals surface area (Å²) in [5.41, 5.74) is -0.405. The van der Waals surface area contributed by atoms with E-state index in [-0.39, 0.29) is 11.3 Å². The van der Waals surface area contributed by atoms with Gasteiger partial charge < -0.3 is 10.2 Å². The van der Waals surface area contributed by atoms with E-state index in [1.165, 1.54) is 31.1 Å². The molecule has 0 spiro atoms. The highest BCUT2D eigenvalue weighted by molar-refractivity contribution is 5.95. The Morgan fingerprint density at radius 3 is 2.48 bits per heavy atom. The number of carbonyl (C=O) groups excluding carboxylic acids is 1. The summed E-state index contributed by atoms with van der Waals surface area (Å²) in [6.07, 6.45) is -5.45. The maximum atomic E-state index is 12.1. The SMILES string of the molecule is CN(C)C(=O)c1ccc(NCCC(F)(F)F)c([N+](=O)[O-])c1. The molecule has 1 aromatic rings. The molecule has 0 bridgehead atoms. The maximum Gasteiger partial charge on any atom is 0.390 e. The minimum Gasteiger partial charge on any atom is -0.379 e. The van der Waals surface area contributed by atoms with Crippen molar-refractivity contribution >= 4 is 17.3 Å². The molecular weight excluding hydrogens is 291 g/mol. The number of nitro benzene ring substituents is 1. The van der Waals surface area contributed by atoms with Gasteiger partial charge in [0.15, 0.2) is 0 Å². The summed E-state index contributed by atoms with van der Waals surface area (Å²) in [7, 11) is 2.98. The van der Waals surface area contributed by atoms with Crippen LogP contribution in [0.15, 0.2) is 18.2 Å². The van der Waals surface area contributed by atoms with Crippen molar-refractivity contribution in [2.75, 3.05) is 26.0 Å². The Labute approximate surface area is 118 Å². The first kappa shape index (κ1) is 16.7. The summed E-state index contributed by atoms with van der Waals surface area (Å²) in [6.45, 7) is -0.481. The number of amides is 1. The molecule has 6 nitrogen and oxygen atoms in total. The fourth-order valence-corrected chi connectivity index (χ4v) is 1.56. The van der Waals surface area contributed by atoms with Crippen molar-refractivity contribution in [3.05, 3.63) is 33.9 Å². The van der Waals surface area contributed by atoms with Gasteiger partial charge in [-0.2, -0.15) is 13.2 Å². The van der Waals surface area contributed by atoms with Gasteiger partial charge in [0.05, 0.1) is 11.3 Å². The van der Waals surface area contributed by atoms with Crippen molar-refractivity contribution in [1.29, 1.82) is 0 Å². The normalized spacial score (nSPS) is 11.1. The Bertz CT molecular complexity index is 544. The van der Waals surface area contributed by atoms with Gasteiger partial charge in [-0.1, -0.05) is 0 Å². The predicted molar refractivity (Wildman–Crippen MR) is 70.3 cm³/mol. The lowest BCUT2D eigenvalue weighted by Gasteiger charge is -2.12. The summed E-state index contributed by atoms with van der Waals surface area (Å²) in [5, 5.41) is 13.3. The molecule has 0 atom stereocenters. The van der Waals surface area contributed by atoms with Crippen LogP contribution in [0.3, 0.4) is 0 Å². The van der Waals surface area contributed by atoms with Gasteiger partial charge in [-0.3, -0.25) is 14.9 Å². The second-order valence-corrected chi connectivity index (χ2v) is 4.48. The Morgan fingerprint density at radius 1 is 1.38 bits per heavy atom. The molecule has 0 unspecified atom stereocenters. The lowest BCUT2D eigenvalue weighted by molar-refractivity contribution is -0.384. The number of hydrogen-bond acceptors (Lipinski definition) is 4. The van der Waals surface area contributed by atoms with Gasteiger partial charge in [0, 0.05) is 32.3 Å². The summed E-state index contributed by atoms with van der Waals surface area (Å²) in [6, 6.07) is 3.59. The number of benzene rings is 1. The number of nitrogens with one attached hydrogen (secondary N) is 1. The van der Waals surface area contributed by atoms with Crippen LogP contribution in [0.1, 0.15) is 16.8 Å². The zero-order valence-corrected chi connectivity index (χ0v) is 11.4. The highest BCUT2D eigenvalue weighted by atomic mass is 19.4. The second kappa shape index (κ2) is 6.42. The van der Waals surface area contributed by atoms with Gasteiger partial charge in [-0.15, -0.1) is 0 Å². The molecule has 0 fully saturated rings. The number of hydrogen-bond donors (Lipinski definition) is 1. The topological polar surface area (TPSA) is 75.5 Å². The van der Waals surface area contributed by atoms with Gasteiger partial charge in [-0.05, 0) is 12.1 Å². The number of alkyl halides is 3. The molecule has 1 rings (SSSR count). The third kappa shape index (κ3) is 4.93. The third-order valence-corrected chi connectivity index (χ3v) is 2.57. The van der Waals surface area contributed by atoms with Crippen LogP contribution in [-0.2, 0) is 0 Å². The Kier molecular flexibility index (Phi) is 5.12. The number of carbonyl (C=O) groups is 1. The molecule has 9 heteroatoms. The monoisotopic (exact) mass is 305 g/mol. The molecule has 0 saturated carbocycles. The molecule has 116 valence electrons. The van der Waals surface area contributed by atoms with Crippen molar-refractivity contribution in [3.63, 3.8) is 0 Å². The van der Waals surface area contributed by atoms with Crippen LogP contribution < -0.4 is 5.32 Å². The first-order valence-corrected chi connectivity index (χ1v) is 5.92. The number of halogens is 3. The lowest BCUT2D eigenvalue weighted by atomic mass is 10.1. The molecule has 21 heavy (non-hydrogen) atoms. The van der Waals surface area contributed by atoms with Gasteiger partial charge in [0.25, 0.3) is 11.6 Å². The lowest BCUT2D eigenvalue weighted by Crippen LogP contribution is -2.22. The molecule has 0 radical (unpaired) electrons. The first-order chi connectivity index (χ1) is 9.61. The fourth-order valence-electron chi connectivity index (χ4n) is 1.56. The fraction of sp³-hybridized carbons (Fsp3) is 0.417. The van der Waals surface area contributed by atoms with Gasteiger partial charge >= 0.3 is 6.18 Å². The van der Waals surface area contributed by atoms with Crippen LogP contribution in [0.4, 0.5) is 24.5 Å². The van der Waals surface area contributed by atoms with Crippen LogP contribution in [0.5, 0.6) is 0 Å². The average molecular weight is 305 g/mol. The highest BCUT2D eigenvalue weighted by Crippen LogP contribution is 2.27. The number of rotatable bonds is 5. The van der Waals surface area contributed by atoms with E-state index in [0.717, 1.165) is 6.07 Å². The predicted octanol–water partition coefficient (Wildman–Crippen LogP) is 2.66. The van der Waals surface area contributed by atoms with Crippen LogP contribution in [0, 0.1) is 10.1 Å². The minimum absolute atomic E-state index is 0.0560. The van der Waals surface area contributed by atoms with Crippen molar-refractivity contribution in [2.24, 2.45) is 0 Å². The van der Waals surface area contributed by atoms with Crippen molar-refractivity contribution < 1.29 is 22.9 Å². The van der Waals surface area contributed by atoms with Gasteiger partial charge in [0.2, 0.25) is 0 Å². The molecule has 1 N–H and O–H groups in total. The highest BCUT2D eigenvalue weighted by Gasteiger charge is 2.27. The smallest absolute Gasteiger partial charge is 0.379 e. The standard InChI is InChI=1S/C12H14F3N3O3/c1-17(2)11(19)8-3-4-9(10(7-8)18(20)21)16-6-5-12(13,14)15/h3-4,7,16H,5-6H2,1-2H3. The third-order valence-electron chi connectivity index (χ3n) is 2.57. The maximum absolute atomic E-state index is 12.1. The summed E-state index contributed by atoms with van der Waals surface area (Å²) < 4.78 is 36.2. The van der Waals surface area contributed by atoms with Crippen molar-refractivity contribution in [1.82, 2.24) is 4.90 Å². The minimum atomic E-state index is -4.34. The van der Waals surface area contributed by atoms with E-state index in [4.69, 9.17) is 0 Å². The zero-order chi connectivity index (χ0) is 16.2. The van der Waals surface area contributed by atoms with Crippen LogP contribution in [-0.4, -0.2) is 42.5 Å². The quantitative estimate of drug-likeness (QED) is 0.670. The molecule has 0 aliphatic heterocycles. The van der Waals surface area contributed by atoms with Crippen LogP contribution in [0.2, 0.25) is 0 Å². The molecule has 1 aromatic carbocycles. The number of nitro groups is 1. The van der Waals surface area contributed by atoms with Crippen molar-refractivity contribution in [3.8, 4) is 0 Å². The van der Waals surface area contributed by atoms with Crippen LogP contribution >= 0.6 is 0 Å². The number of anilines is 1. The number of nitrogens with zero attached hydrogens (tertiary/aromatic N) is 2. The summed E-state index contributed by atoms with van der Waals surface area (Å²) in [5.74, 6) is -0.431. The Morgan fingerprint density at radius 2 is 2.00 bits per heavy atom. The molecule has 0 aliphatic rings. The molecule has 0 aliphatic carbocycles. The van der Waals surface area contributed by atoms with E-state index in [2.05, 4.69) is 5.32 Å². The summed E-state index contributed by atoms with van der Waals surface area (Å²) in [4.78, 5) is 23.2. The van der Waals surface area contributed by atoms with E-state index >= 15 is 0 Å². The molecule has 0 heterocycles. The second-order valence-electron chi connectivity index (χ2n) is 4.48. The largest absolute Gasteiger partial charge is 0.390 e.